The van der Waals surface area contributed by atoms with Crippen LogP contribution in [0.25, 0.3) is 0 Å². The number of benzene rings is 1. The Balaban J connectivity index is 1.80. The van der Waals surface area contributed by atoms with Crippen molar-refractivity contribution < 1.29 is 0 Å². The van der Waals surface area contributed by atoms with Gasteiger partial charge in [-0.15, -0.1) is 0 Å². The van der Waals surface area contributed by atoms with Crippen LogP contribution in [0.1, 0.15) is 5.56 Å². The van der Waals surface area contributed by atoms with Crippen molar-refractivity contribution in [1.82, 2.24) is 9.78 Å². The number of halogens is 2. The van der Waals surface area contributed by atoms with Crippen LogP contribution in [0.5, 0.6) is 0 Å². The summed E-state index contributed by atoms with van der Waals surface area (Å²) in [7, 11) is 3.44. The van der Waals surface area contributed by atoms with Crippen LogP contribution in [-0.4, -0.2) is 21.2 Å². The molecule has 0 atom stereocenters. The summed E-state index contributed by atoms with van der Waals surface area (Å²) in [5.41, 5.74) is 1.56. The van der Waals surface area contributed by atoms with E-state index in [0.29, 0.717) is 26.4 Å². The summed E-state index contributed by atoms with van der Waals surface area (Å²) < 4.78 is 2.11. The number of aryl methyl sites for hydroxylation is 1. The molecule has 0 fully saturated rings. The van der Waals surface area contributed by atoms with E-state index < -0.39 is 0 Å². The van der Waals surface area contributed by atoms with Gasteiger partial charge in [0.1, 0.15) is 4.90 Å². The van der Waals surface area contributed by atoms with Gasteiger partial charge in [0.05, 0.1) is 11.9 Å². The second kappa shape index (κ2) is 6.76. The molecule has 0 amide bonds. The molecule has 2 aromatic rings. The monoisotopic (exact) mass is 386 g/mol. The van der Waals surface area contributed by atoms with Crippen molar-refractivity contribution in [1.29, 1.82) is 0 Å². The van der Waals surface area contributed by atoms with E-state index in [1.807, 2.05) is 12.1 Å². The van der Waals surface area contributed by atoms with E-state index in [1.165, 1.54) is 28.2 Å². The molecule has 0 N–H and O–H groups in total. The van der Waals surface area contributed by atoms with Gasteiger partial charge in [0.15, 0.2) is 4.38 Å². The first kappa shape index (κ1) is 16.7. The SMILES string of the molecule is CN1N=C(SCc2ccc(Cl)cc2Cl)Sc2c1cnn(C)c2=O. The lowest BCUT2D eigenvalue weighted by atomic mass is 10.2. The van der Waals surface area contributed by atoms with E-state index in [9.17, 15) is 4.79 Å². The van der Waals surface area contributed by atoms with Crippen molar-refractivity contribution in [2.24, 2.45) is 12.1 Å². The zero-order valence-corrected chi connectivity index (χ0v) is 15.4. The summed E-state index contributed by atoms with van der Waals surface area (Å²) in [6, 6.07) is 5.42. The Morgan fingerprint density at radius 3 is 2.83 bits per heavy atom. The van der Waals surface area contributed by atoms with Gasteiger partial charge >= 0.3 is 0 Å². The largest absolute Gasteiger partial charge is 0.282 e. The number of hydrogen-bond donors (Lipinski definition) is 0. The molecule has 1 aromatic heterocycles. The first-order valence-electron chi connectivity index (χ1n) is 6.59. The van der Waals surface area contributed by atoms with Crippen molar-refractivity contribution in [3.8, 4) is 0 Å². The van der Waals surface area contributed by atoms with Crippen molar-refractivity contribution in [3.63, 3.8) is 0 Å². The van der Waals surface area contributed by atoms with Gasteiger partial charge in [-0.05, 0) is 17.7 Å². The van der Waals surface area contributed by atoms with Crippen molar-refractivity contribution in [2.45, 2.75) is 10.6 Å². The van der Waals surface area contributed by atoms with E-state index in [-0.39, 0.29) is 5.56 Å². The number of nitrogens with zero attached hydrogens (tertiary/aromatic N) is 4. The first-order valence-corrected chi connectivity index (χ1v) is 9.14. The maximum atomic E-state index is 12.2. The molecule has 9 heteroatoms. The van der Waals surface area contributed by atoms with Crippen LogP contribution in [0.4, 0.5) is 5.69 Å². The topological polar surface area (TPSA) is 50.5 Å². The lowest BCUT2D eigenvalue weighted by Crippen LogP contribution is -2.27. The fourth-order valence-electron chi connectivity index (χ4n) is 1.96. The molecule has 1 aromatic carbocycles. The van der Waals surface area contributed by atoms with Gasteiger partial charge in [0.25, 0.3) is 5.56 Å². The van der Waals surface area contributed by atoms with E-state index in [4.69, 9.17) is 23.2 Å². The molecule has 1 aliphatic heterocycles. The highest BCUT2D eigenvalue weighted by molar-refractivity contribution is 8.38. The molecule has 120 valence electrons. The Morgan fingerprint density at radius 2 is 2.09 bits per heavy atom. The van der Waals surface area contributed by atoms with Gasteiger partial charge in [-0.1, -0.05) is 52.8 Å². The molecule has 23 heavy (non-hydrogen) atoms. The van der Waals surface area contributed by atoms with Crippen LogP contribution in [0.2, 0.25) is 10.0 Å². The van der Waals surface area contributed by atoms with E-state index in [0.717, 1.165) is 9.94 Å². The lowest BCUT2D eigenvalue weighted by Gasteiger charge is -2.22. The molecular weight excluding hydrogens is 375 g/mol. The molecule has 0 unspecified atom stereocenters. The van der Waals surface area contributed by atoms with Crippen LogP contribution in [-0.2, 0) is 12.8 Å². The standard InChI is InChI=1S/C14H12Cl2N4OS2/c1-19-11-6-17-20(2)13(21)12(11)23-14(18-19)22-7-8-3-4-9(15)5-10(8)16/h3-6H,7H2,1-2H3. The average molecular weight is 387 g/mol. The quantitative estimate of drug-likeness (QED) is 0.784. The summed E-state index contributed by atoms with van der Waals surface area (Å²) in [6.07, 6.45) is 1.64. The zero-order chi connectivity index (χ0) is 16.6. The summed E-state index contributed by atoms with van der Waals surface area (Å²) in [6.45, 7) is 0. The highest BCUT2D eigenvalue weighted by Crippen LogP contribution is 2.37. The Kier molecular flexibility index (Phi) is 4.91. The number of anilines is 1. The molecule has 0 spiro atoms. The molecule has 0 saturated carbocycles. The predicted octanol–water partition coefficient (Wildman–Crippen LogP) is 3.83. The summed E-state index contributed by atoms with van der Waals surface area (Å²) in [4.78, 5) is 12.9. The minimum atomic E-state index is -0.128. The van der Waals surface area contributed by atoms with Crippen molar-refractivity contribution in [2.75, 3.05) is 12.1 Å². The Hall–Kier alpha value is -1.15. The molecule has 2 heterocycles. The number of hydrogen-bond acceptors (Lipinski definition) is 6. The minimum absolute atomic E-state index is 0.128. The zero-order valence-electron chi connectivity index (χ0n) is 12.3. The average Bonchev–Trinajstić information content (AvgIpc) is 2.50. The van der Waals surface area contributed by atoms with Crippen LogP contribution in [0, 0.1) is 0 Å². The molecule has 0 aliphatic carbocycles. The number of rotatable bonds is 2. The van der Waals surface area contributed by atoms with Gasteiger partial charge in [0, 0.05) is 29.9 Å². The number of aromatic nitrogens is 2. The van der Waals surface area contributed by atoms with Gasteiger partial charge < -0.3 is 0 Å². The second-order valence-electron chi connectivity index (χ2n) is 4.80. The molecule has 0 saturated heterocycles. The number of hydrazone groups is 1. The molecule has 5 nitrogen and oxygen atoms in total. The first-order chi connectivity index (χ1) is 11.0. The maximum absolute atomic E-state index is 12.2. The van der Waals surface area contributed by atoms with Gasteiger partial charge in [0.2, 0.25) is 0 Å². The summed E-state index contributed by atoms with van der Waals surface area (Å²) >= 11 is 15.0. The summed E-state index contributed by atoms with van der Waals surface area (Å²) in [5, 5.41) is 11.4. The fraction of sp³-hybridized carbons (Fsp3) is 0.214. The normalized spacial score (nSPS) is 13.7. The molecule has 1 aliphatic rings. The number of thioether (sulfide) groups is 2. The van der Waals surface area contributed by atoms with Crippen molar-refractivity contribution >= 4 is 56.8 Å². The third-order valence-corrected chi connectivity index (χ3v) is 6.03. The Bertz CT molecular complexity index is 853. The fourth-order valence-corrected chi connectivity index (χ4v) is 4.73. The van der Waals surface area contributed by atoms with E-state index >= 15 is 0 Å². The van der Waals surface area contributed by atoms with Crippen LogP contribution in [0.15, 0.2) is 39.2 Å². The van der Waals surface area contributed by atoms with E-state index in [1.54, 1.807) is 31.4 Å². The van der Waals surface area contributed by atoms with Crippen molar-refractivity contribution in [3.05, 3.63) is 50.4 Å². The molecule has 3 rings (SSSR count). The van der Waals surface area contributed by atoms with Gasteiger partial charge in [-0.25, -0.2) is 4.68 Å². The molecular formula is C14H12Cl2N4OS2. The highest BCUT2D eigenvalue weighted by Gasteiger charge is 2.22. The van der Waals surface area contributed by atoms with Crippen LogP contribution >= 0.6 is 46.7 Å². The Labute approximate surface area is 151 Å². The Morgan fingerprint density at radius 1 is 1.30 bits per heavy atom. The van der Waals surface area contributed by atoms with E-state index in [2.05, 4.69) is 10.2 Å². The molecule has 0 bridgehead atoms. The second-order valence-corrected chi connectivity index (χ2v) is 7.87. The third kappa shape index (κ3) is 3.52. The van der Waals surface area contributed by atoms with Crippen LogP contribution in [0.3, 0.4) is 0 Å². The third-order valence-electron chi connectivity index (χ3n) is 3.21. The minimum Gasteiger partial charge on any atom is -0.266 e. The lowest BCUT2D eigenvalue weighted by molar-refractivity contribution is 0.684. The molecule has 0 radical (unpaired) electrons. The van der Waals surface area contributed by atoms with Gasteiger partial charge in [-0.2, -0.15) is 10.2 Å². The maximum Gasteiger partial charge on any atom is 0.282 e. The predicted molar refractivity (Wildman–Crippen MR) is 98.9 cm³/mol. The highest BCUT2D eigenvalue weighted by atomic mass is 35.5. The number of fused-ring (bicyclic) bond motifs is 1. The van der Waals surface area contributed by atoms with Gasteiger partial charge in [-0.3, -0.25) is 9.80 Å². The van der Waals surface area contributed by atoms with Crippen LogP contribution < -0.4 is 10.6 Å². The smallest absolute Gasteiger partial charge is 0.266 e. The summed E-state index contributed by atoms with van der Waals surface area (Å²) in [5.74, 6) is 0.649.